The van der Waals surface area contributed by atoms with E-state index >= 15 is 0 Å². The first-order valence-corrected chi connectivity index (χ1v) is 6.04. The maximum absolute atomic E-state index is 12.2. The molecule has 0 spiro atoms. The van der Waals surface area contributed by atoms with E-state index in [0.29, 0.717) is 0 Å². The fourth-order valence-corrected chi connectivity index (χ4v) is 1.66. The lowest BCUT2D eigenvalue weighted by Gasteiger charge is -2.20. The van der Waals surface area contributed by atoms with E-state index in [4.69, 9.17) is 21.4 Å². The monoisotopic (exact) mass is 317 g/mol. The lowest BCUT2D eigenvalue weighted by atomic mass is 10.2. The van der Waals surface area contributed by atoms with Gasteiger partial charge in [0, 0.05) is 19.7 Å². The molecule has 0 bridgehead atoms. The lowest BCUT2D eigenvalue weighted by molar-refractivity contribution is -0.385. The Balaban J connectivity index is 3.09. The molecule has 10 heteroatoms. The van der Waals surface area contributed by atoms with Crippen LogP contribution in [0.2, 0.25) is 5.15 Å². The minimum Gasteiger partial charge on any atom is -0.480 e. The summed E-state index contributed by atoms with van der Waals surface area (Å²) in [5, 5.41) is 19.3. The van der Waals surface area contributed by atoms with E-state index in [2.05, 4.69) is 4.98 Å². The first-order chi connectivity index (χ1) is 9.86. The summed E-state index contributed by atoms with van der Waals surface area (Å²) in [7, 11) is 1.39. The van der Waals surface area contributed by atoms with Gasteiger partial charge in [-0.2, -0.15) is 0 Å². The first kappa shape index (κ1) is 16.8. The molecule has 114 valence electrons. The largest absolute Gasteiger partial charge is 0.480 e. The van der Waals surface area contributed by atoms with E-state index in [1.54, 1.807) is 0 Å². The molecule has 0 saturated carbocycles. The van der Waals surface area contributed by atoms with Gasteiger partial charge in [0.15, 0.2) is 0 Å². The fourth-order valence-electron chi connectivity index (χ4n) is 1.47. The number of ether oxygens (including phenoxy) is 1. The van der Waals surface area contributed by atoms with Crippen molar-refractivity contribution in [2.75, 3.05) is 26.8 Å². The van der Waals surface area contributed by atoms with Crippen molar-refractivity contribution in [1.29, 1.82) is 0 Å². The Hall–Kier alpha value is -2.26. The van der Waals surface area contributed by atoms with E-state index in [1.165, 1.54) is 7.11 Å². The van der Waals surface area contributed by atoms with Gasteiger partial charge in [0.1, 0.15) is 17.9 Å². The number of carbonyl (C=O) groups is 2. The molecule has 0 aliphatic carbocycles. The zero-order chi connectivity index (χ0) is 16.0. The number of aromatic nitrogens is 1. The number of pyridine rings is 1. The van der Waals surface area contributed by atoms with Gasteiger partial charge in [-0.25, -0.2) is 4.98 Å². The van der Waals surface area contributed by atoms with Gasteiger partial charge >= 0.3 is 5.97 Å². The van der Waals surface area contributed by atoms with Gasteiger partial charge in [-0.1, -0.05) is 11.6 Å². The molecule has 1 rings (SSSR count). The number of nitro groups is 1. The molecule has 1 amide bonds. The van der Waals surface area contributed by atoms with E-state index in [-0.39, 0.29) is 23.9 Å². The van der Waals surface area contributed by atoms with Crippen molar-refractivity contribution in [2.24, 2.45) is 0 Å². The molecule has 0 aliphatic rings. The summed E-state index contributed by atoms with van der Waals surface area (Å²) >= 11 is 5.75. The normalized spacial score (nSPS) is 10.2. The quantitative estimate of drug-likeness (QED) is 0.448. The fraction of sp³-hybridized carbons (Fsp3) is 0.364. The van der Waals surface area contributed by atoms with Crippen LogP contribution in [0.5, 0.6) is 0 Å². The molecular weight excluding hydrogens is 306 g/mol. The van der Waals surface area contributed by atoms with Crippen LogP contribution < -0.4 is 0 Å². The Morgan fingerprint density at radius 1 is 1.57 bits per heavy atom. The average molecular weight is 318 g/mol. The summed E-state index contributed by atoms with van der Waals surface area (Å²) in [5.41, 5.74) is -0.645. The third kappa shape index (κ3) is 4.65. The van der Waals surface area contributed by atoms with E-state index in [9.17, 15) is 19.7 Å². The minimum absolute atomic E-state index is 0.000649. The predicted octanol–water partition coefficient (Wildman–Crippen LogP) is 0.816. The highest BCUT2D eigenvalue weighted by molar-refractivity contribution is 6.32. The zero-order valence-electron chi connectivity index (χ0n) is 11.0. The number of carbonyl (C=O) groups excluding carboxylic acids is 1. The minimum atomic E-state index is -1.23. The van der Waals surface area contributed by atoms with E-state index in [1.807, 2.05) is 0 Å². The molecule has 0 aromatic carbocycles. The van der Waals surface area contributed by atoms with Gasteiger partial charge < -0.3 is 14.7 Å². The zero-order valence-corrected chi connectivity index (χ0v) is 11.7. The van der Waals surface area contributed by atoms with Gasteiger partial charge in [0.25, 0.3) is 11.6 Å². The smallest absolute Gasteiger partial charge is 0.323 e. The average Bonchev–Trinajstić information content (AvgIpc) is 2.42. The van der Waals surface area contributed by atoms with Crippen molar-refractivity contribution in [3.63, 3.8) is 0 Å². The lowest BCUT2D eigenvalue weighted by Crippen LogP contribution is -2.38. The number of hydrogen-bond acceptors (Lipinski definition) is 6. The molecule has 21 heavy (non-hydrogen) atoms. The van der Waals surface area contributed by atoms with E-state index < -0.39 is 29.0 Å². The van der Waals surface area contributed by atoms with Crippen molar-refractivity contribution < 1.29 is 24.4 Å². The number of carboxylic acids is 1. The van der Waals surface area contributed by atoms with Gasteiger partial charge in [-0.3, -0.25) is 19.7 Å². The number of aliphatic carboxylic acids is 1. The standard InChI is InChI=1S/C11H12ClN3O6/c1-21-3-2-14(6-9(16)17)11(18)8-4-7(15(19)20)5-13-10(8)12/h4-5H,2-3,6H2,1H3,(H,16,17). The summed E-state index contributed by atoms with van der Waals surface area (Å²) in [5.74, 6) is -2.00. The number of nitrogens with zero attached hydrogens (tertiary/aromatic N) is 3. The Kier molecular flexibility index (Phi) is 6.00. The summed E-state index contributed by atoms with van der Waals surface area (Å²) < 4.78 is 4.79. The maximum atomic E-state index is 12.2. The van der Waals surface area contributed by atoms with Crippen molar-refractivity contribution in [2.45, 2.75) is 0 Å². The van der Waals surface area contributed by atoms with Crippen molar-refractivity contribution >= 4 is 29.2 Å². The second-order valence-corrected chi connectivity index (χ2v) is 4.26. The Morgan fingerprint density at radius 2 is 2.24 bits per heavy atom. The van der Waals surface area contributed by atoms with Gasteiger partial charge in [0.2, 0.25) is 0 Å². The molecule has 0 atom stereocenters. The highest BCUT2D eigenvalue weighted by Crippen LogP contribution is 2.20. The van der Waals surface area contributed by atoms with Crippen molar-refractivity contribution in [3.8, 4) is 0 Å². The molecule has 0 saturated heterocycles. The molecule has 9 nitrogen and oxygen atoms in total. The second-order valence-electron chi connectivity index (χ2n) is 3.90. The summed E-state index contributed by atoms with van der Waals surface area (Å²) in [6.45, 7) is -0.471. The number of hydrogen-bond donors (Lipinski definition) is 1. The van der Waals surface area contributed by atoms with Crippen LogP contribution in [0.25, 0.3) is 0 Å². The summed E-state index contributed by atoms with van der Waals surface area (Å²) in [4.78, 5) is 37.5. The van der Waals surface area contributed by atoms with Crippen LogP contribution in [-0.2, 0) is 9.53 Å². The topological polar surface area (TPSA) is 123 Å². The molecule has 0 radical (unpaired) electrons. The number of rotatable bonds is 7. The molecule has 0 fully saturated rings. The molecule has 1 aromatic rings. The predicted molar refractivity (Wildman–Crippen MR) is 71.3 cm³/mol. The highest BCUT2D eigenvalue weighted by Gasteiger charge is 2.23. The molecule has 1 aromatic heterocycles. The highest BCUT2D eigenvalue weighted by atomic mass is 35.5. The van der Waals surface area contributed by atoms with Crippen LogP contribution in [0, 0.1) is 10.1 Å². The van der Waals surface area contributed by atoms with Crippen LogP contribution in [0.3, 0.4) is 0 Å². The Labute approximate surface area is 124 Å². The third-order valence-electron chi connectivity index (χ3n) is 2.44. The molecule has 0 unspecified atom stereocenters. The molecule has 0 aliphatic heterocycles. The molecular formula is C11H12ClN3O6. The van der Waals surface area contributed by atoms with Gasteiger partial charge in [0.05, 0.1) is 17.1 Å². The Morgan fingerprint density at radius 3 is 2.76 bits per heavy atom. The second kappa shape index (κ2) is 7.50. The molecule has 1 N–H and O–H groups in total. The van der Waals surface area contributed by atoms with E-state index in [0.717, 1.165) is 17.2 Å². The first-order valence-electron chi connectivity index (χ1n) is 5.66. The maximum Gasteiger partial charge on any atom is 0.323 e. The number of carboxylic acid groups (broad SMARTS) is 1. The van der Waals surface area contributed by atoms with Gasteiger partial charge in [-0.05, 0) is 0 Å². The SMILES string of the molecule is COCCN(CC(=O)O)C(=O)c1cc([N+](=O)[O-])cnc1Cl. The molecule has 1 heterocycles. The summed E-state index contributed by atoms with van der Waals surface area (Å²) in [6.07, 6.45) is 0.913. The number of methoxy groups -OCH3 is 1. The van der Waals surface area contributed by atoms with Crippen LogP contribution in [0.4, 0.5) is 5.69 Å². The third-order valence-corrected chi connectivity index (χ3v) is 2.75. The van der Waals surface area contributed by atoms with Crippen LogP contribution in [0.15, 0.2) is 12.3 Å². The van der Waals surface area contributed by atoms with Crippen molar-refractivity contribution in [3.05, 3.63) is 33.1 Å². The van der Waals surface area contributed by atoms with Crippen LogP contribution >= 0.6 is 11.6 Å². The summed E-state index contributed by atoms with van der Waals surface area (Å²) in [6, 6.07) is 0.958. The van der Waals surface area contributed by atoms with Crippen molar-refractivity contribution in [1.82, 2.24) is 9.88 Å². The van der Waals surface area contributed by atoms with Gasteiger partial charge in [-0.15, -0.1) is 0 Å². The number of halogens is 1. The van der Waals surface area contributed by atoms with Crippen LogP contribution in [-0.4, -0.2) is 58.6 Å². The Bertz CT molecular complexity index is 565. The number of amides is 1. The van der Waals surface area contributed by atoms with Crippen LogP contribution in [0.1, 0.15) is 10.4 Å².